The Balaban J connectivity index is 1.71. The van der Waals surface area contributed by atoms with Crippen LogP contribution in [0.5, 0.6) is 11.5 Å². The van der Waals surface area contributed by atoms with E-state index in [1.807, 2.05) is 50.2 Å². The molecule has 0 fully saturated rings. The average Bonchev–Trinajstić information content (AvgIpc) is 3.12. The van der Waals surface area contributed by atoms with E-state index in [0.29, 0.717) is 17.1 Å². The van der Waals surface area contributed by atoms with Gasteiger partial charge in [-0.3, -0.25) is 4.79 Å². The van der Waals surface area contributed by atoms with Crippen molar-refractivity contribution in [1.82, 2.24) is 4.98 Å². The lowest BCUT2D eigenvalue weighted by Crippen LogP contribution is -2.12. The Bertz CT molecular complexity index is 888. The zero-order chi connectivity index (χ0) is 18.5. The van der Waals surface area contributed by atoms with Gasteiger partial charge in [-0.05, 0) is 50.2 Å². The monoisotopic (exact) mass is 368 g/mol. The van der Waals surface area contributed by atoms with Gasteiger partial charge in [-0.15, -0.1) is 11.3 Å². The zero-order valence-corrected chi connectivity index (χ0v) is 15.7. The number of hydrogen-bond donors (Lipinski definition) is 1. The fourth-order valence-corrected chi connectivity index (χ4v) is 3.16. The summed E-state index contributed by atoms with van der Waals surface area (Å²) in [6.45, 7) is 3.98. The summed E-state index contributed by atoms with van der Waals surface area (Å²) in [5.74, 6) is 1.25. The molecule has 0 radical (unpaired) electrons. The Labute approximate surface area is 156 Å². The molecule has 0 aliphatic carbocycles. The maximum Gasteiger partial charge on any atom is 0.275 e. The summed E-state index contributed by atoms with van der Waals surface area (Å²) >= 11 is 1.43. The Kier molecular flexibility index (Phi) is 5.53. The lowest BCUT2D eigenvalue weighted by molar-refractivity contribution is 0.102. The van der Waals surface area contributed by atoms with Crippen LogP contribution in [-0.2, 0) is 0 Å². The number of amides is 1. The minimum Gasteiger partial charge on any atom is -0.497 e. The largest absolute Gasteiger partial charge is 0.497 e. The molecule has 0 saturated carbocycles. The van der Waals surface area contributed by atoms with Crippen molar-refractivity contribution in [3.63, 3.8) is 0 Å². The Hall–Kier alpha value is -2.86. The van der Waals surface area contributed by atoms with E-state index in [0.717, 1.165) is 16.3 Å². The number of methoxy groups -OCH3 is 1. The Morgan fingerprint density at radius 1 is 1.12 bits per heavy atom. The van der Waals surface area contributed by atoms with Gasteiger partial charge < -0.3 is 14.8 Å². The molecule has 0 bridgehead atoms. The molecule has 6 heteroatoms. The first-order chi connectivity index (χ1) is 12.5. The number of aromatic nitrogens is 1. The van der Waals surface area contributed by atoms with Gasteiger partial charge in [0, 0.05) is 22.7 Å². The van der Waals surface area contributed by atoms with E-state index in [9.17, 15) is 4.79 Å². The summed E-state index contributed by atoms with van der Waals surface area (Å²) in [5, 5.41) is 5.38. The average molecular weight is 368 g/mol. The second kappa shape index (κ2) is 8.01. The van der Waals surface area contributed by atoms with E-state index in [1.54, 1.807) is 24.6 Å². The van der Waals surface area contributed by atoms with E-state index >= 15 is 0 Å². The molecule has 134 valence electrons. The molecule has 0 aliphatic rings. The molecule has 0 unspecified atom stereocenters. The van der Waals surface area contributed by atoms with Crippen LogP contribution in [0.4, 0.5) is 5.69 Å². The predicted molar refractivity (Wildman–Crippen MR) is 104 cm³/mol. The van der Waals surface area contributed by atoms with E-state index in [-0.39, 0.29) is 12.0 Å². The van der Waals surface area contributed by atoms with Gasteiger partial charge in [0.25, 0.3) is 5.91 Å². The first kappa shape index (κ1) is 17.9. The number of ether oxygens (including phenoxy) is 2. The van der Waals surface area contributed by atoms with Crippen LogP contribution in [0.15, 0.2) is 53.9 Å². The third-order valence-electron chi connectivity index (χ3n) is 3.54. The molecule has 26 heavy (non-hydrogen) atoms. The van der Waals surface area contributed by atoms with Gasteiger partial charge in [0.15, 0.2) is 0 Å². The van der Waals surface area contributed by atoms with Crippen molar-refractivity contribution < 1.29 is 14.3 Å². The van der Waals surface area contributed by atoms with Gasteiger partial charge in [0.1, 0.15) is 22.2 Å². The molecule has 3 aromatic rings. The lowest BCUT2D eigenvalue weighted by Gasteiger charge is -2.09. The Morgan fingerprint density at radius 3 is 2.58 bits per heavy atom. The van der Waals surface area contributed by atoms with Gasteiger partial charge in [-0.2, -0.15) is 0 Å². The van der Waals surface area contributed by atoms with E-state index in [1.165, 1.54) is 11.3 Å². The van der Waals surface area contributed by atoms with Crippen molar-refractivity contribution in [3.05, 3.63) is 59.6 Å². The third kappa shape index (κ3) is 4.40. The number of hydrogen-bond acceptors (Lipinski definition) is 5. The molecule has 1 heterocycles. The van der Waals surface area contributed by atoms with Gasteiger partial charge >= 0.3 is 0 Å². The molecule has 0 atom stereocenters. The minimum atomic E-state index is -0.250. The zero-order valence-electron chi connectivity index (χ0n) is 14.9. The third-order valence-corrected chi connectivity index (χ3v) is 4.43. The van der Waals surface area contributed by atoms with Crippen LogP contribution in [0.3, 0.4) is 0 Å². The molecule has 3 rings (SSSR count). The van der Waals surface area contributed by atoms with Crippen LogP contribution in [0.1, 0.15) is 24.3 Å². The van der Waals surface area contributed by atoms with Crippen molar-refractivity contribution >= 4 is 22.9 Å². The molecule has 5 nitrogen and oxygen atoms in total. The van der Waals surface area contributed by atoms with Crippen molar-refractivity contribution in [2.45, 2.75) is 20.0 Å². The molecule has 0 aliphatic heterocycles. The van der Waals surface area contributed by atoms with Crippen molar-refractivity contribution in [3.8, 4) is 22.1 Å². The Morgan fingerprint density at radius 2 is 1.88 bits per heavy atom. The highest BCUT2D eigenvalue weighted by Gasteiger charge is 2.13. The number of carbonyl (C=O) groups is 1. The molecule has 2 aromatic carbocycles. The number of nitrogens with zero attached hydrogens (tertiary/aromatic N) is 1. The van der Waals surface area contributed by atoms with Gasteiger partial charge in [-0.1, -0.05) is 6.07 Å². The predicted octanol–water partition coefficient (Wildman–Crippen LogP) is 4.86. The molecule has 1 aromatic heterocycles. The number of carbonyl (C=O) groups excluding carboxylic acids is 1. The smallest absolute Gasteiger partial charge is 0.275 e. The SMILES string of the molecule is COc1cccc(NC(=O)c2csc(-c3ccc(OC(C)C)cc3)n2)c1. The first-order valence-electron chi connectivity index (χ1n) is 8.23. The number of thiazole rings is 1. The van der Waals surface area contributed by atoms with E-state index in [2.05, 4.69) is 10.3 Å². The van der Waals surface area contributed by atoms with Gasteiger partial charge in [0.05, 0.1) is 13.2 Å². The van der Waals surface area contributed by atoms with Crippen molar-refractivity contribution in [1.29, 1.82) is 0 Å². The van der Waals surface area contributed by atoms with Crippen LogP contribution in [-0.4, -0.2) is 24.1 Å². The molecule has 1 N–H and O–H groups in total. The van der Waals surface area contributed by atoms with Gasteiger partial charge in [0.2, 0.25) is 0 Å². The summed E-state index contributed by atoms with van der Waals surface area (Å²) < 4.78 is 10.8. The van der Waals surface area contributed by atoms with Crippen LogP contribution < -0.4 is 14.8 Å². The molecular weight excluding hydrogens is 348 g/mol. The number of nitrogens with one attached hydrogen (secondary N) is 1. The van der Waals surface area contributed by atoms with Crippen LogP contribution in [0.2, 0.25) is 0 Å². The van der Waals surface area contributed by atoms with E-state index in [4.69, 9.17) is 9.47 Å². The maximum atomic E-state index is 12.4. The van der Waals surface area contributed by atoms with Crippen molar-refractivity contribution in [2.75, 3.05) is 12.4 Å². The fourth-order valence-electron chi connectivity index (χ4n) is 2.35. The number of benzene rings is 2. The van der Waals surface area contributed by atoms with E-state index < -0.39 is 0 Å². The molecular formula is C20H20N2O3S. The van der Waals surface area contributed by atoms with Crippen LogP contribution >= 0.6 is 11.3 Å². The number of rotatable bonds is 6. The first-order valence-corrected chi connectivity index (χ1v) is 9.11. The van der Waals surface area contributed by atoms with Crippen molar-refractivity contribution in [2.24, 2.45) is 0 Å². The summed E-state index contributed by atoms with van der Waals surface area (Å²) in [6, 6.07) is 14.9. The second-order valence-electron chi connectivity index (χ2n) is 5.91. The minimum absolute atomic E-state index is 0.132. The second-order valence-corrected chi connectivity index (χ2v) is 6.77. The van der Waals surface area contributed by atoms with Crippen LogP contribution in [0, 0.1) is 0 Å². The lowest BCUT2D eigenvalue weighted by atomic mass is 10.2. The van der Waals surface area contributed by atoms with Gasteiger partial charge in [-0.25, -0.2) is 4.98 Å². The quantitative estimate of drug-likeness (QED) is 0.675. The normalized spacial score (nSPS) is 10.6. The number of anilines is 1. The summed E-state index contributed by atoms with van der Waals surface area (Å²) in [7, 11) is 1.59. The highest BCUT2D eigenvalue weighted by atomic mass is 32.1. The topological polar surface area (TPSA) is 60.5 Å². The maximum absolute atomic E-state index is 12.4. The molecule has 1 amide bonds. The van der Waals surface area contributed by atoms with Crippen LogP contribution in [0.25, 0.3) is 10.6 Å². The summed E-state index contributed by atoms with van der Waals surface area (Å²) in [6.07, 6.45) is 0.132. The fraction of sp³-hybridized carbons (Fsp3) is 0.200. The highest BCUT2D eigenvalue weighted by Crippen LogP contribution is 2.26. The summed E-state index contributed by atoms with van der Waals surface area (Å²) in [5.41, 5.74) is 2.00. The standard InChI is InChI=1S/C20H20N2O3S/c1-13(2)25-16-9-7-14(8-10-16)20-22-18(12-26-20)19(23)21-15-5-4-6-17(11-15)24-3/h4-13H,1-3H3,(H,21,23). The highest BCUT2D eigenvalue weighted by molar-refractivity contribution is 7.13. The summed E-state index contributed by atoms with van der Waals surface area (Å²) in [4.78, 5) is 16.9. The molecule has 0 spiro atoms. The molecule has 0 saturated heterocycles.